The molecule has 2 amide bonds. The van der Waals surface area contributed by atoms with Gasteiger partial charge in [0.15, 0.2) is 0 Å². The van der Waals surface area contributed by atoms with Crippen molar-refractivity contribution in [1.82, 2.24) is 20.0 Å². The lowest BCUT2D eigenvalue weighted by Crippen LogP contribution is -2.52. The summed E-state index contributed by atoms with van der Waals surface area (Å²) in [7, 11) is 0. The van der Waals surface area contributed by atoms with Crippen molar-refractivity contribution in [2.75, 3.05) is 26.2 Å². The molecule has 25 heavy (non-hydrogen) atoms. The van der Waals surface area contributed by atoms with E-state index in [1.807, 2.05) is 0 Å². The fraction of sp³-hybridized carbons (Fsp3) is 0.667. The van der Waals surface area contributed by atoms with Crippen LogP contribution in [0.25, 0.3) is 0 Å². The Morgan fingerprint density at radius 2 is 2.24 bits per heavy atom. The topological polar surface area (TPSA) is 136 Å². The molecule has 10 heteroatoms. The van der Waals surface area contributed by atoms with Gasteiger partial charge >= 0.3 is 5.69 Å². The molecule has 1 unspecified atom stereocenters. The van der Waals surface area contributed by atoms with Crippen LogP contribution in [0.2, 0.25) is 0 Å². The van der Waals surface area contributed by atoms with E-state index in [0.29, 0.717) is 32.6 Å². The molecule has 0 spiro atoms. The number of carbonyl (C=O) groups excluding carboxylic acids is 2. The lowest BCUT2D eigenvalue weighted by molar-refractivity contribution is -0.385. The minimum absolute atomic E-state index is 0.101. The van der Waals surface area contributed by atoms with Gasteiger partial charge in [0.25, 0.3) is 0 Å². The van der Waals surface area contributed by atoms with Crippen LogP contribution in [0.1, 0.15) is 26.7 Å². The molecule has 2 heterocycles. The van der Waals surface area contributed by atoms with E-state index in [1.165, 1.54) is 10.9 Å². The standard InChI is InChI=1S/C15H24N6O4/c1-15(2,20-10-12(8-18-20)21(24)25)14(23)19-7-3-4-11(9-19)13(22)17-6-5-16/h8,10-11H,3-7,9,16H2,1-2H3,(H,17,22). The Kier molecular flexibility index (Phi) is 5.73. The fourth-order valence-electron chi connectivity index (χ4n) is 2.91. The molecular weight excluding hydrogens is 328 g/mol. The van der Waals surface area contributed by atoms with Gasteiger partial charge in [-0.05, 0) is 26.7 Å². The summed E-state index contributed by atoms with van der Waals surface area (Å²) < 4.78 is 1.30. The molecule has 10 nitrogen and oxygen atoms in total. The van der Waals surface area contributed by atoms with Crippen LogP contribution in [0.5, 0.6) is 0 Å². The number of amides is 2. The summed E-state index contributed by atoms with van der Waals surface area (Å²) in [5.41, 5.74) is 4.14. The van der Waals surface area contributed by atoms with E-state index >= 15 is 0 Å². The van der Waals surface area contributed by atoms with Crippen molar-refractivity contribution in [3.8, 4) is 0 Å². The predicted molar refractivity (Wildman–Crippen MR) is 89.6 cm³/mol. The fourth-order valence-corrected chi connectivity index (χ4v) is 2.91. The van der Waals surface area contributed by atoms with Crippen LogP contribution in [-0.4, -0.2) is 57.6 Å². The highest BCUT2D eigenvalue weighted by atomic mass is 16.6. The molecule has 2 rings (SSSR count). The van der Waals surface area contributed by atoms with E-state index in [0.717, 1.165) is 12.6 Å². The monoisotopic (exact) mass is 352 g/mol. The molecule has 0 aliphatic carbocycles. The third kappa shape index (κ3) is 4.13. The molecule has 1 aliphatic heterocycles. The van der Waals surface area contributed by atoms with Crippen LogP contribution < -0.4 is 11.1 Å². The molecule has 1 aromatic heterocycles. The average Bonchev–Trinajstić information content (AvgIpc) is 3.10. The molecule has 1 atom stereocenters. The van der Waals surface area contributed by atoms with E-state index in [4.69, 9.17) is 5.73 Å². The number of aromatic nitrogens is 2. The van der Waals surface area contributed by atoms with Crippen LogP contribution in [0.15, 0.2) is 12.4 Å². The molecule has 138 valence electrons. The molecule has 0 saturated carbocycles. The van der Waals surface area contributed by atoms with Gasteiger partial charge in [0.05, 0.1) is 10.8 Å². The van der Waals surface area contributed by atoms with Gasteiger partial charge in [0.2, 0.25) is 11.8 Å². The first-order valence-electron chi connectivity index (χ1n) is 8.24. The van der Waals surface area contributed by atoms with E-state index in [1.54, 1.807) is 18.7 Å². The highest BCUT2D eigenvalue weighted by Crippen LogP contribution is 2.25. The van der Waals surface area contributed by atoms with E-state index < -0.39 is 10.5 Å². The van der Waals surface area contributed by atoms with Crippen molar-refractivity contribution < 1.29 is 14.5 Å². The summed E-state index contributed by atoms with van der Waals surface area (Å²) in [4.78, 5) is 36.9. The van der Waals surface area contributed by atoms with Crippen LogP contribution in [0.4, 0.5) is 5.69 Å². The molecule has 1 saturated heterocycles. The number of nitrogens with zero attached hydrogens (tertiary/aromatic N) is 4. The third-order valence-corrected chi connectivity index (χ3v) is 4.40. The summed E-state index contributed by atoms with van der Waals surface area (Å²) in [6, 6.07) is 0. The number of rotatable bonds is 6. The molecule has 3 N–H and O–H groups in total. The van der Waals surface area contributed by atoms with Crippen LogP contribution in [0, 0.1) is 16.0 Å². The largest absolute Gasteiger partial charge is 0.355 e. The quantitative estimate of drug-likeness (QED) is 0.539. The molecule has 1 aliphatic rings. The predicted octanol–water partition coefficient (Wildman–Crippen LogP) is -0.160. The number of likely N-dealkylation sites (tertiary alicyclic amines) is 1. The molecule has 0 aromatic carbocycles. The minimum Gasteiger partial charge on any atom is -0.355 e. The number of nitrogens with one attached hydrogen (secondary N) is 1. The van der Waals surface area contributed by atoms with Gasteiger partial charge in [-0.1, -0.05) is 0 Å². The Labute approximate surface area is 145 Å². The zero-order valence-corrected chi connectivity index (χ0v) is 14.5. The number of hydrogen-bond acceptors (Lipinski definition) is 6. The Hall–Kier alpha value is -2.49. The smallest absolute Gasteiger partial charge is 0.307 e. The van der Waals surface area contributed by atoms with Crippen molar-refractivity contribution in [3.05, 3.63) is 22.5 Å². The second-order valence-corrected chi connectivity index (χ2v) is 6.63. The Morgan fingerprint density at radius 1 is 1.52 bits per heavy atom. The summed E-state index contributed by atoms with van der Waals surface area (Å²) in [5.74, 6) is -0.593. The van der Waals surface area contributed by atoms with Crippen molar-refractivity contribution in [2.24, 2.45) is 11.7 Å². The van der Waals surface area contributed by atoms with E-state index in [2.05, 4.69) is 10.4 Å². The zero-order chi connectivity index (χ0) is 18.6. The SMILES string of the molecule is CC(C)(C(=O)N1CCCC(C(=O)NCCN)C1)n1cc([N+](=O)[O-])cn1. The van der Waals surface area contributed by atoms with Gasteiger partial charge in [-0.3, -0.25) is 24.4 Å². The second kappa shape index (κ2) is 7.60. The Bertz CT molecular complexity index is 656. The Morgan fingerprint density at radius 3 is 2.84 bits per heavy atom. The van der Waals surface area contributed by atoms with Crippen LogP contribution >= 0.6 is 0 Å². The van der Waals surface area contributed by atoms with Gasteiger partial charge in [-0.15, -0.1) is 0 Å². The number of hydrogen-bond donors (Lipinski definition) is 2. The van der Waals surface area contributed by atoms with Gasteiger partial charge in [-0.25, -0.2) is 0 Å². The normalized spacial score (nSPS) is 18.0. The molecule has 1 fully saturated rings. The van der Waals surface area contributed by atoms with E-state index in [-0.39, 0.29) is 23.4 Å². The Balaban J connectivity index is 2.09. The lowest BCUT2D eigenvalue weighted by atomic mass is 9.94. The summed E-state index contributed by atoms with van der Waals surface area (Å²) in [6.45, 7) is 4.96. The van der Waals surface area contributed by atoms with Crippen molar-refractivity contribution >= 4 is 17.5 Å². The highest BCUT2D eigenvalue weighted by Gasteiger charge is 2.38. The minimum atomic E-state index is -1.08. The van der Waals surface area contributed by atoms with Crippen molar-refractivity contribution in [3.63, 3.8) is 0 Å². The first kappa shape index (κ1) is 18.8. The van der Waals surface area contributed by atoms with Gasteiger partial charge in [-0.2, -0.15) is 5.10 Å². The summed E-state index contributed by atoms with van der Waals surface area (Å²) in [6.07, 6.45) is 3.80. The third-order valence-electron chi connectivity index (χ3n) is 4.40. The number of nitrogens with two attached hydrogens (primary N) is 1. The van der Waals surface area contributed by atoms with E-state index in [9.17, 15) is 19.7 Å². The summed E-state index contributed by atoms with van der Waals surface area (Å²) >= 11 is 0. The average molecular weight is 352 g/mol. The molecular formula is C15H24N6O4. The van der Waals surface area contributed by atoms with Gasteiger partial charge in [0, 0.05) is 26.2 Å². The number of carbonyl (C=O) groups is 2. The maximum atomic E-state index is 12.9. The zero-order valence-electron chi connectivity index (χ0n) is 14.5. The van der Waals surface area contributed by atoms with Gasteiger partial charge in [0.1, 0.15) is 17.9 Å². The molecule has 1 aromatic rings. The maximum Gasteiger partial charge on any atom is 0.307 e. The molecule has 0 radical (unpaired) electrons. The highest BCUT2D eigenvalue weighted by molar-refractivity contribution is 5.85. The maximum absolute atomic E-state index is 12.9. The molecule has 0 bridgehead atoms. The first-order valence-corrected chi connectivity index (χ1v) is 8.24. The van der Waals surface area contributed by atoms with Crippen molar-refractivity contribution in [2.45, 2.75) is 32.2 Å². The second-order valence-electron chi connectivity index (χ2n) is 6.63. The van der Waals surface area contributed by atoms with Crippen LogP contribution in [0.3, 0.4) is 0 Å². The van der Waals surface area contributed by atoms with Crippen LogP contribution in [-0.2, 0) is 15.1 Å². The first-order chi connectivity index (χ1) is 11.8. The number of piperidine rings is 1. The summed E-state index contributed by atoms with van der Waals surface area (Å²) in [5, 5.41) is 17.5. The number of nitro groups is 1. The lowest BCUT2D eigenvalue weighted by Gasteiger charge is -2.37. The van der Waals surface area contributed by atoms with Gasteiger partial charge < -0.3 is 16.0 Å². The van der Waals surface area contributed by atoms with Crippen molar-refractivity contribution in [1.29, 1.82) is 0 Å².